The molecule has 0 bridgehead atoms. The third-order valence-electron chi connectivity index (χ3n) is 4.22. The third-order valence-corrected chi connectivity index (χ3v) is 6.48. The molecule has 1 aromatic heterocycles. The minimum Gasteiger partial charge on any atom is -0.497 e. The van der Waals surface area contributed by atoms with Crippen LogP contribution in [0, 0.1) is 5.92 Å². The highest BCUT2D eigenvalue weighted by molar-refractivity contribution is 7.92. The number of anilines is 1. The van der Waals surface area contributed by atoms with Gasteiger partial charge in [0.2, 0.25) is 0 Å². The molecule has 0 amide bonds. The van der Waals surface area contributed by atoms with Crippen LogP contribution in [0.25, 0.3) is 0 Å². The van der Waals surface area contributed by atoms with E-state index < -0.39 is 16.0 Å². The number of hydrogen-bond donors (Lipinski definition) is 1. The number of ether oxygens (including phenoxy) is 2. The van der Waals surface area contributed by atoms with Crippen LogP contribution in [-0.4, -0.2) is 21.5 Å². The standard InChI is InChI=1S/C22H23NO5S2/c1-15(2)13-16-7-9-17(10-8-16)28-22(24)21-20(11-12-29-21)23-30(25,26)19-6-4-5-18(14-19)27-3/h4-12,14-15,23H,13H2,1-3H3. The van der Waals surface area contributed by atoms with Crippen LogP contribution in [0.3, 0.4) is 0 Å². The van der Waals surface area contributed by atoms with E-state index in [4.69, 9.17) is 9.47 Å². The van der Waals surface area contributed by atoms with Crippen molar-refractivity contribution in [2.24, 2.45) is 5.92 Å². The summed E-state index contributed by atoms with van der Waals surface area (Å²) in [6.07, 6.45) is 0.940. The van der Waals surface area contributed by atoms with Crippen LogP contribution >= 0.6 is 11.3 Å². The lowest BCUT2D eigenvalue weighted by Gasteiger charge is -2.10. The Kier molecular flexibility index (Phi) is 6.79. The van der Waals surface area contributed by atoms with Crippen molar-refractivity contribution in [1.29, 1.82) is 0 Å². The van der Waals surface area contributed by atoms with Crippen molar-refractivity contribution in [2.75, 3.05) is 11.8 Å². The van der Waals surface area contributed by atoms with E-state index in [1.165, 1.54) is 25.3 Å². The molecule has 2 aromatic carbocycles. The van der Waals surface area contributed by atoms with Crippen molar-refractivity contribution in [3.05, 3.63) is 70.4 Å². The number of nitrogens with one attached hydrogen (secondary N) is 1. The molecule has 0 atom stereocenters. The van der Waals surface area contributed by atoms with Crippen LogP contribution in [0.2, 0.25) is 0 Å². The number of rotatable bonds is 8. The molecule has 0 fully saturated rings. The number of thiophene rings is 1. The molecule has 0 saturated carbocycles. The SMILES string of the molecule is COc1cccc(S(=O)(=O)Nc2ccsc2C(=O)Oc2ccc(CC(C)C)cc2)c1. The van der Waals surface area contributed by atoms with Gasteiger partial charge in [-0.2, -0.15) is 0 Å². The zero-order chi connectivity index (χ0) is 21.7. The maximum Gasteiger partial charge on any atom is 0.355 e. The zero-order valence-corrected chi connectivity index (χ0v) is 18.5. The van der Waals surface area contributed by atoms with Crippen molar-refractivity contribution in [2.45, 2.75) is 25.2 Å². The van der Waals surface area contributed by atoms with Crippen LogP contribution in [0.1, 0.15) is 29.1 Å². The van der Waals surface area contributed by atoms with E-state index in [1.807, 2.05) is 12.1 Å². The molecule has 0 unspecified atom stereocenters. The van der Waals surface area contributed by atoms with Crippen molar-refractivity contribution >= 4 is 33.0 Å². The zero-order valence-electron chi connectivity index (χ0n) is 16.9. The minimum atomic E-state index is -3.89. The average Bonchev–Trinajstić information content (AvgIpc) is 3.16. The summed E-state index contributed by atoms with van der Waals surface area (Å²) in [4.78, 5) is 12.8. The lowest BCUT2D eigenvalue weighted by molar-refractivity contribution is 0.0741. The molecule has 3 rings (SSSR count). The molecule has 0 spiro atoms. The maximum absolute atomic E-state index is 12.7. The number of carbonyl (C=O) groups is 1. The molecular formula is C22H23NO5S2. The van der Waals surface area contributed by atoms with Crippen LogP contribution in [0.15, 0.2) is 64.9 Å². The summed E-state index contributed by atoms with van der Waals surface area (Å²) in [5.74, 6) is 0.737. The summed E-state index contributed by atoms with van der Waals surface area (Å²) < 4.78 is 38.4. The first-order chi connectivity index (χ1) is 14.3. The first kappa shape index (κ1) is 21.9. The Balaban J connectivity index is 1.75. The van der Waals surface area contributed by atoms with Crippen LogP contribution < -0.4 is 14.2 Å². The number of esters is 1. The van der Waals surface area contributed by atoms with E-state index in [9.17, 15) is 13.2 Å². The highest BCUT2D eigenvalue weighted by atomic mass is 32.2. The fraction of sp³-hybridized carbons (Fsp3) is 0.227. The van der Waals surface area contributed by atoms with Crippen molar-refractivity contribution in [3.8, 4) is 11.5 Å². The minimum absolute atomic E-state index is 0.0353. The van der Waals surface area contributed by atoms with Gasteiger partial charge in [0.05, 0.1) is 17.7 Å². The fourth-order valence-electron chi connectivity index (χ4n) is 2.84. The van der Waals surface area contributed by atoms with Gasteiger partial charge in [-0.15, -0.1) is 11.3 Å². The Bertz CT molecular complexity index is 1120. The van der Waals surface area contributed by atoms with E-state index >= 15 is 0 Å². The van der Waals surface area contributed by atoms with Crippen molar-refractivity contribution in [1.82, 2.24) is 0 Å². The molecule has 30 heavy (non-hydrogen) atoms. The molecule has 1 heterocycles. The van der Waals surface area contributed by atoms with Crippen molar-refractivity contribution < 1.29 is 22.7 Å². The Morgan fingerprint density at radius 1 is 1.07 bits per heavy atom. The maximum atomic E-state index is 12.7. The van der Waals surface area contributed by atoms with Gasteiger partial charge in [-0.3, -0.25) is 4.72 Å². The van der Waals surface area contributed by atoms with E-state index in [-0.39, 0.29) is 15.5 Å². The molecule has 1 N–H and O–H groups in total. The van der Waals surface area contributed by atoms with Crippen LogP contribution in [0.5, 0.6) is 11.5 Å². The molecule has 0 aliphatic heterocycles. The Hall–Kier alpha value is -2.84. The molecule has 3 aromatic rings. The predicted molar refractivity (Wildman–Crippen MR) is 118 cm³/mol. The molecule has 0 aliphatic rings. The van der Waals surface area contributed by atoms with Crippen LogP contribution in [0.4, 0.5) is 5.69 Å². The summed E-state index contributed by atoms with van der Waals surface area (Å²) >= 11 is 1.11. The summed E-state index contributed by atoms with van der Waals surface area (Å²) in [6, 6.07) is 14.9. The Morgan fingerprint density at radius 2 is 1.80 bits per heavy atom. The summed E-state index contributed by atoms with van der Waals surface area (Å²) in [7, 11) is -2.43. The summed E-state index contributed by atoms with van der Waals surface area (Å²) in [6.45, 7) is 4.28. The third kappa shape index (κ3) is 5.40. The van der Waals surface area contributed by atoms with Gasteiger partial charge in [0.1, 0.15) is 16.4 Å². The quantitative estimate of drug-likeness (QED) is 0.391. The highest BCUT2D eigenvalue weighted by Gasteiger charge is 2.22. The van der Waals surface area contributed by atoms with Gasteiger partial charge >= 0.3 is 5.97 Å². The topological polar surface area (TPSA) is 81.7 Å². The van der Waals surface area contributed by atoms with Gasteiger partial charge < -0.3 is 9.47 Å². The van der Waals surface area contributed by atoms with E-state index in [2.05, 4.69) is 18.6 Å². The molecule has 0 radical (unpaired) electrons. The van der Waals surface area contributed by atoms with E-state index in [0.29, 0.717) is 17.4 Å². The predicted octanol–water partition coefficient (Wildman–Crippen LogP) is 4.98. The van der Waals surface area contributed by atoms with Gasteiger partial charge in [0.15, 0.2) is 0 Å². The molecule has 8 heteroatoms. The second-order valence-corrected chi connectivity index (χ2v) is 9.68. The smallest absolute Gasteiger partial charge is 0.355 e. The first-order valence-electron chi connectivity index (χ1n) is 9.34. The summed E-state index contributed by atoms with van der Waals surface area (Å²) in [5, 5.41) is 1.63. The normalized spacial score (nSPS) is 11.3. The monoisotopic (exact) mass is 445 g/mol. The average molecular weight is 446 g/mol. The molecule has 158 valence electrons. The number of benzene rings is 2. The summed E-state index contributed by atoms with van der Waals surface area (Å²) in [5.41, 5.74) is 1.33. The van der Waals surface area contributed by atoms with Gasteiger partial charge in [-0.1, -0.05) is 32.0 Å². The van der Waals surface area contributed by atoms with Gasteiger partial charge in [-0.25, -0.2) is 13.2 Å². The van der Waals surface area contributed by atoms with E-state index in [1.54, 1.807) is 29.6 Å². The van der Waals surface area contributed by atoms with Gasteiger partial charge in [-0.05, 0) is 53.6 Å². The Morgan fingerprint density at radius 3 is 2.47 bits per heavy atom. The number of carbonyl (C=O) groups excluding carboxylic acids is 1. The number of hydrogen-bond acceptors (Lipinski definition) is 6. The largest absolute Gasteiger partial charge is 0.497 e. The Labute approximate surface area is 180 Å². The second-order valence-electron chi connectivity index (χ2n) is 7.08. The first-order valence-corrected chi connectivity index (χ1v) is 11.7. The van der Waals surface area contributed by atoms with Gasteiger partial charge in [0, 0.05) is 6.07 Å². The fourth-order valence-corrected chi connectivity index (χ4v) is 4.73. The molecule has 0 aliphatic carbocycles. The molecular weight excluding hydrogens is 422 g/mol. The van der Waals surface area contributed by atoms with Crippen LogP contribution in [-0.2, 0) is 16.4 Å². The second kappa shape index (κ2) is 9.32. The molecule has 0 saturated heterocycles. The number of sulfonamides is 1. The molecule has 6 nitrogen and oxygen atoms in total. The number of methoxy groups -OCH3 is 1. The van der Waals surface area contributed by atoms with E-state index in [0.717, 1.165) is 23.3 Å². The van der Waals surface area contributed by atoms with Gasteiger partial charge in [0.25, 0.3) is 10.0 Å². The lowest BCUT2D eigenvalue weighted by atomic mass is 10.0. The highest BCUT2D eigenvalue weighted by Crippen LogP contribution is 2.28. The van der Waals surface area contributed by atoms with Crippen molar-refractivity contribution in [3.63, 3.8) is 0 Å². The lowest BCUT2D eigenvalue weighted by Crippen LogP contribution is -2.16.